The normalized spacial score (nSPS) is 18.9. The van der Waals surface area contributed by atoms with Crippen LogP contribution in [0, 0.1) is 0 Å². The zero-order chi connectivity index (χ0) is 14.8. The molecule has 0 saturated carbocycles. The highest BCUT2D eigenvalue weighted by Gasteiger charge is 2.27. The lowest BCUT2D eigenvalue weighted by molar-refractivity contribution is 0.371. The van der Waals surface area contributed by atoms with E-state index in [0.29, 0.717) is 11.9 Å². The average molecular weight is 304 g/mol. The number of hydrogen-bond donors (Lipinski definition) is 0. The fraction of sp³-hybridized carbons (Fsp3) is 0.471. The number of rotatable bonds is 4. The maximum Gasteiger partial charge on any atom is 0.137 e. The Labute approximate surface area is 131 Å². The smallest absolute Gasteiger partial charge is 0.137 e. The van der Waals surface area contributed by atoms with Crippen molar-refractivity contribution in [1.29, 1.82) is 0 Å². The lowest BCUT2D eigenvalue weighted by Gasteiger charge is -2.29. The van der Waals surface area contributed by atoms with Gasteiger partial charge in [0.1, 0.15) is 5.82 Å². The summed E-state index contributed by atoms with van der Waals surface area (Å²) in [6.07, 6.45) is 2.47. The first-order valence-corrected chi connectivity index (χ1v) is 8.08. The fourth-order valence-corrected chi connectivity index (χ4v) is 3.38. The molecule has 2 aromatic rings. The third-order valence-corrected chi connectivity index (χ3v) is 4.41. The zero-order valence-electron chi connectivity index (χ0n) is 12.7. The number of pyridine rings is 1. The van der Waals surface area contributed by atoms with E-state index >= 15 is 0 Å². The lowest BCUT2D eigenvalue weighted by Crippen LogP contribution is -2.38. The van der Waals surface area contributed by atoms with Gasteiger partial charge >= 0.3 is 0 Å². The second-order valence-corrected chi connectivity index (χ2v) is 6.31. The van der Waals surface area contributed by atoms with Gasteiger partial charge < -0.3 is 9.80 Å². The molecule has 0 N–H and O–H groups in total. The fourth-order valence-electron chi connectivity index (χ4n) is 3.25. The number of hydrogen-bond acceptors (Lipinski definition) is 3. The van der Waals surface area contributed by atoms with E-state index in [1.54, 1.807) is 0 Å². The number of likely N-dealkylation sites (N-methyl/N-ethyl adjacent to an activating group) is 1. The molecule has 21 heavy (non-hydrogen) atoms. The molecule has 112 valence electrons. The van der Waals surface area contributed by atoms with Crippen LogP contribution in [-0.2, 0) is 5.88 Å². The molecule has 3 rings (SSSR count). The van der Waals surface area contributed by atoms with Crippen molar-refractivity contribution in [3.63, 3.8) is 0 Å². The van der Waals surface area contributed by atoms with Gasteiger partial charge in [0, 0.05) is 24.5 Å². The Bertz CT molecular complexity index is 626. The van der Waals surface area contributed by atoms with Crippen molar-refractivity contribution in [2.75, 3.05) is 32.1 Å². The Morgan fingerprint density at radius 1 is 1.33 bits per heavy atom. The highest BCUT2D eigenvalue weighted by molar-refractivity contribution is 6.17. The van der Waals surface area contributed by atoms with Crippen molar-refractivity contribution in [3.8, 4) is 0 Å². The Balaban J connectivity index is 2.05. The number of benzene rings is 1. The summed E-state index contributed by atoms with van der Waals surface area (Å²) in [6.45, 7) is 2.16. The molecule has 1 fully saturated rings. The van der Waals surface area contributed by atoms with Gasteiger partial charge in [-0.25, -0.2) is 4.98 Å². The molecule has 1 atom stereocenters. The standard InChI is InChI=1S/C17H22ClN3/c1-20(2)12-15-7-5-9-21(15)17-16-8-4-3-6-13(16)10-14(11-18)19-17/h3-4,6,8,10,15H,5,7,9,11-12H2,1-2H3. The van der Waals surface area contributed by atoms with Gasteiger partial charge in [-0.1, -0.05) is 24.3 Å². The summed E-state index contributed by atoms with van der Waals surface area (Å²) >= 11 is 6.04. The maximum absolute atomic E-state index is 6.04. The van der Waals surface area contributed by atoms with Gasteiger partial charge in [-0.3, -0.25) is 0 Å². The van der Waals surface area contributed by atoms with E-state index in [4.69, 9.17) is 16.6 Å². The van der Waals surface area contributed by atoms with E-state index in [1.165, 1.54) is 23.6 Å². The molecule has 4 heteroatoms. The van der Waals surface area contributed by atoms with Crippen LogP contribution in [0.4, 0.5) is 5.82 Å². The summed E-state index contributed by atoms with van der Waals surface area (Å²) in [4.78, 5) is 9.57. The van der Waals surface area contributed by atoms with E-state index in [0.717, 1.165) is 24.6 Å². The number of nitrogens with zero attached hydrogens (tertiary/aromatic N) is 3. The summed E-state index contributed by atoms with van der Waals surface area (Å²) in [5.74, 6) is 1.57. The number of aromatic nitrogens is 1. The second kappa shape index (κ2) is 6.20. The number of alkyl halides is 1. The van der Waals surface area contributed by atoms with Crippen LogP contribution in [0.3, 0.4) is 0 Å². The predicted molar refractivity (Wildman–Crippen MR) is 90.2 cm³/mol. The molecule has 1 saturated heterocycles. The van der Waals surface area contributed by atoms with Gasteiger partial charge in [-0.2, -0.15) is 0 Å². The molecule has 0 bridgehead atoms. The van der Waals surface area contributed by atoms with Crippen molar-refractivity contribution in [2.45, 2.75) is 24.8 Å². The maximum atomic E-state index is 6.04. The highest BCUT2D eigenvalue weighted by Crippen LogP contribution is 2.31. The Morgan fingerprint density at radius 3 is 2.90 bits per heavy atom. The third kappa shape index (κ3) is 2.99. The number of halogens is 1. The van der Waals surface area contributed by atoms with Gasteiger partial charge in [0.05, 0.1) is 11.6 Å². The van der Waals surface area contributed by atoms with Crippen LogP contribution in [0.5, 0.6) is 0 Å². The van der Waals surface area contributed by atoms with Crippen LogP contribution in [0.1, 0.15) is 18.5 Å². The third-order valence-electron chi connectivity index (χ3n) is 4.14. The predicted octanol–water partition coefficient (Wildman–Crippen LogP) is 3.50. The van der Waals surface area contributed by atoms with Crippen LogP contribution in [0.15, 0.2) is 30.3 Å². The molecule has 0 spiro atoms. The number of anilines is 1. The van der Waals surface area contributed by atoms with Crippen molar-refractivity contribution in [1.82, 2.24) is 9.88 Å². The van der Waals surface area contributed by atoms with E-state index in [2.05, 4.69) is 54.2 Å². The minimum absolute atomic E-state index is 0.462. The van der Waals surface area contributed by atoms with Gasteiger partial charge in [-0.05, 0) is 38.4 Å². The van der Waals surface area contributed by atoms with Gasteiger partial charge in [0.2, 0.25) is 0 Å². The van der Waals surface area contributed by atoms with Gasteiger partial charge in [0.25, 0.3) is 0 Å². The molecule has 0 radical (unpaired) electrons. The van der Waals surface area contributed by atoms with Crippen LogP contribution >= 0.6 is 11.6 Å². The first-order chi connectivity index (χ1) is 10.2. The molecular weight excluding hydrogens is 282 g/mol. The molecule has 1 unspecified atom stereocenters. The molecule has 0 amide bonds. The van der Waals surface area contributed by atoms with E-state index in [-0.39, 0.29) is 0 Å². The Kier molecular flexibility index (Phi) is 4.32. The molecule has 3 nitrogen and oxygen atoms in total. The van der Waals surface area contributed by atoms with Crippen LogP contribution in [0.25, 0.3) is 10.8 Å². The van der Waals surface area contributed by atoms with E-state index < -0.39 is 0 Å². The van der Waals surface area contributed by atoms with Crippen molar-refractivity contribution < 1.29 is 0 Å². The first kappa shape index (κ1) is 14.6. The van der Waals surface area contributed by atoms with Gasteiger partial charge in [-0.15, -0.1) is 11.6 Å². The Morgan fingerprint density at radius 2 is 2.14 bits per heavy atom. The molecular formula is C17H22ClN3. The highest BCUT2D eigenvalue weighted by atomic mass is 35.5. The van der Waals surface area contributed by atoms with Gasteiger partial charge in [0.15, 0.2) is 0 Å². The average Bonchev–Trinajstić information content (AvgIpc) is 2.93. The number of fused-ring (bicyclic) bond motifs is 1. The topological polar surface area (TPSA) is 19.4 Å². The van der Waals surface area contributed by atoms with E-state index in [9.17, 15) is 0 Å². The van der Waals surface area contributed by atoms with Crippen LogP contribution in [-0.4, -0.2) is 43.1 Å². The van der Waals surface area contributed by atoms with E-state index in [1.807, 2.05) is 0 Å². The lowest BCUT2D eigenvalue weighted by atomic mass is 10.1. The molecule has 2 heterocycles. The summed E-state index contributed by atoms with van der Waals surface area (Å²) < 4.78 is 0. The minimum Gasteiger partial charge on any atom is -0.352 e. The molecule has 1 aliphatic rings. The van der Waals surface area contributed by atoms with Crippen molar-refractivity contribution in [2.24, 2.45) is 0 Å². The van der Waals surface area contributed by atoms with Crippen LogP contribution in [0.2, 0.25) is 0 Å². The second-order valence-electron chi connectivity index (χ2n) is 6.04. The molecule has 1 aromatic heterocycles. The molecule has 1 aromatic carbocycles. The first-order valence-electron chi connectivity index (χ1n) is 7.55. The summed E-state index contributed by atoms with van der Waals surface area (Å²) in [7, 11) is 4.27. The largest absolute Gasteiger partial charge is 0.352 e. The summed E-state index contributed by atoms with van der Waals surface area (Å²) in [5, 5.41) is 2.46. The summed E-state index contributed by atoms with van der Waals surface area (Å²) in [5.41, 5.74) is 0.959. The SMILES string of the molecule is CN(C)CC1CCCN1c1nc(CCl)cc2ccccc12. The van der Waals surface area contributed by atoms with Crippen molar-refractivity contribution >= 4 is 28.2 Å². The molecule has 1 aliphatic heterocycles. The summed E-state index contributed by atoms with van der Waals surface area (Å²) in [6, 6.07) is 11.1. The monoisotopic (exact) mass is 303 g/mol. The Hall–Kier alpha value is -1.32. The zero-order valence-corrected chi connectivity index (χ0v) is 13.5. The van der Waals surface area contributed by atoms with Crippen molar-refractivity contribution in [3.05, 3.63) is 36.0 Å². The molecule has 0 aliphatic carbocycles. The minimum atomic E-state index is 0.462. The van der Waals surface area contributed by atoms with Crippen LogP contribution < -0.4 is 4.90 Å². The quantitative estimate of drug-likeness (QED) is 0.806.